The third kappa shape index (κ3) is 4.39. The number of hydrogen-bond acceptors (Lipinski definition) is 5. The number of thioether (sulfide) groups is 1. The van der Waals surface area contributed by atoms with Crippen LogP contribution in [0.3, 0.4) is 0 Å². The summed E-state index contributed by atoms with van der Waals surface area (Å²) in [5.74, 6) is 0.782. The molecule has 1 aliphatic rings. The SMILES string of the molecule is CC(C)(C)c1ccc(-c2nnc(SCCN3C(=O)c4ccccc4C3=O)n2-c2ccccc2)cc1. The fourth-order valence-electron chi connectivity index (χ4n) is 4.15. The lowest BCUT2D eigenvalue weighted by Gasteiger charge is -2.19. The standard InChI is InChI=1S/C28H26N4O2S/c1-28(2,3)20-15-13-19(14-16-20)24-29-30-27(32(24)21-9-5-4-6-10-21)35-18-17-31-25(33)22-11-7-8-12-23(22)26(31)34/h4-16H,17-18H2,1-3H3. The first-order chi connectivity index (χ1) is 16.8. The highest BCUT2D eigenvalue weighted by Crippen LogP contribution is 2.31. The molecule has 7 heteroatoms. The maximum Gasteiger partial charge on any atom is 0.261 e. The van der Waals surface area contributed by atoms with Crippen LogP contribution >= 0.6 is 11.8 Å². The summed E-state index contributed by atoms with van der Waals surface area (Å²) in [5.41, 5.74) is 4.18. The summed E-state index contributed by atoms with van der Waals surface area (Å²) >= 11 is 1.48. The number of amides is 2. The molecule has 0 spiro atoms. The molecule has 0 saturated heterocycles. The van der Waals surface area contributed by atoms with Crippen LogP contribution < -0.4 is 0 Å². The van der Waals surface area contributed by atoms with Gasteiger partial charge in [-0.25, -0.2) is 0 Å². The fourth-order valence-corrected chi connectivity index (χ4v) is 5.03. The van der Waals surface area contributed by atoms with Crippen LogP contribution in [0, 0.1) is 0 Å². The van der Waals surface area contributed by atoms with E-state index < -0.39 is 0 Å². The van der Waals surface area contributed by atoms with Crippen LogP contribution in [0.2, 0.25) is 0 Å². The van der Waals surface area contributed by atoms with E-state index in [1.165, 1.54) is 22.2 Å². The van der Waals surface area contributed by atoms with Gasteiger partial charge in [0.15, 0.2) is 11.0 Å². The molecule has 0 bridgehead atoms. The minimum absolute atomic E-state index is 0.0662. The van der Waals surface area contributed by atoms with E-state index in [-0.39, 0.29) is 17.2 Å². The molecule has 5 rings (SSSR count). The highest BCUT2D eigenvalue weighted by atomic mass is 32.2. The van der Waals surface area contributed by atoms with Gasteiger partial charge < -0.3 is 0 Å². The minimum Gasteiger partial charge on any atom is -0.273 e. The number of hydrogen-bond donors (Lipinski definition) is 0. The number of para-hydroxylation sites is 1. The number of rotatable bonds is 6. The van der Waals surface area contributed by atoms with Gasteiger partial charge in [-0.15, -0.1) is 10.2 Å². The molecule has 0 fully saturated rings. The van der Waals surface area contributed by atoms with E-state index in [1.54, 1.807) is 24.3 Å². The molecular weight excluding hydrogens is 456 g/mol. The zero-order chi connectivity index (χ0) is 24.6. The highest BCUT2D eigenvalue weighted by molar-refractivity contribution is 7.99. The van der Waals surface area contributed by atoms with E-state index in [0.29, 0.717) is 28.6 Å². The van der Waals surface area contributed by atoms with Gasteiger partial charge in [-0.05, 0) is 35.2 Å². The van der Waals surface area contributed by atoms with E-state index in [1.807, 2.05) is 34.9 Å². The van der Waals surface area contributed by atoms with E-state index in [0.717, 1.165) is 17.1 Å². The molecule has 176 valence electrons. The predicted octanol–water partition coefficient (Wildman–Crippen LogP) is 5.62. The topological polar surface area (TPSA) is 68.1 Å². The van der Waals surface area contributed by atoms with Crippen molar-refractivity contribution < 1.29 is 9.59 Å². The Morgan fingerprint density at radius 2 is 1.37 bits per heavy atom. The molecule has 0 N–H and O–H groups in total. The van der Waals surface area contributed by atoms with Crippen molar-refractivity contribution in [2.45, 2.75) is 31.3 Å². The van der Waals surface area contributed by atoms with Crippen molar-refractivity contribution >= 4 is 23.6 Å². The molecule has 0 saturated carbocycles. The summed E-state index contributed by atoms with van der Waals surface area (Å²) < 4.78 is 2.03. The molecule has 2 heterocycles. The maximum atomic E-state index is 12.7. The molecule has 0 unspecified atom stereocenters. The lowest BCUT2D eigenvalue weighted by atomic mass is 9.87. The number of benzene rings is 3. The third-order valence-electron chi connectivity index (χ3n) is 6.08. The summed E-state index contributed by atoms with van der Waals surface area (Å²) in [6, 6.07) is 25.4. The Balaban J connectivity index is 1.40. The van der Waals surface area contributed by atoms with Crippen molar-refractivity contribution in [3.05, 3.63) is 95.6 Å². The van der Waals surface area contributed by atoms with Crippen LogP contribution in [0.5, 0.6) is 0 Å². The Morgan fingerprint density at radius 1 is 0.771 bits per heavy atom. The predicted molar refractivity (Wildman–Crippen MR) is 138 cm³/mol. The fraction of sp³-hybridized carbons (Fsp3) is 0.214. The van der Waals surface area contributed by atoms with E-state index >= 15 is 0 Å². The molecule has 35 heavy (non-hydrogen) atoms. The monoisotopic (exact) mass is 482 g/mol. The summed E-state index contributed by atoms with van der Waals surface area (Å²) in [6.45, 7) is 6.88. The van der Waals surface area contributed by atoms with Gasteiger partial charge in [0.05, 0.1) is 11.1 Å². The number of carbonyl (C=O) groups is 2. The van der Waals surface area contributed by atoms with Gasteiger partial charge in [0.25, 0.3) is 11.8 Å². The van der Waals surface area contributed by atoms with Gasteiger partial charge in [0, 0.05) is 23.5 Å². The Hall–Kier alpha value is -3.71. The highest BCUT2D eigenvalue weighted by Gasteiger charge is 2.34. The third-order valence-corrected chi connectivity index (χ3v) is 6.99. The number of aromatic nitrogens is 3. The zero-order valence-corrected chi connectivity index (χ0v) is 20.7. The van der Waals surface area contributed by atoms with E-state index in [4.69, 9.17) is 0 Å². The number of nitrogens with zero attached hydrogens (tertiary/aromatic N) is 4. The van der Waals surface area contributed by atoms with Crippen LogP contribution in [0.4, 0.5) is 0 Å². The number of carbonyl (C=O) groups excluding carboxylic acids is 2. The van der Waals surface area contributed by atoms with Gasteiger partial charge in [-0.2, -0.15) is 0 Å². The Labute approximate surface area is 209 Å². The summed E-state index contributed by atoms with van der Waals surface area (Å²) in [5, 5.41) is 9.69. The van der Waals surface area contributed by atoms with Crippen LogP contribution in [0.25, 0.3) is 17.1 Å². The van der Waals surface area contributed by atoms with Gasteiger partial charge in [-0.3, -0.25) is 19.1 Å². The molecule has 4 aromatic rings. The molecule has 3 aromatic carbocycles. The minimum atomic E-state index is -0.240. The van der Waals surface area contributed by atoms with Crippen molar-refractivity contribution in [2.24, 2.45) is 0 Å². The quantitative estimate of drug-likeness (QED) is 0.264. The molecule has 0 atom stereocenters. The number of fused-ring (bicyclic) bond motifs is 1. The smallest absolute Gasteiger partial charge is 0.261 e. The van der Waals surface area contributed by atoms with Gasteiger partial charge in [-0.1, -0.05) is 87.1 Å². The van der Waals surface area contributed by atoms with Crippen LogP contribution in [-0.2, 0) is 5.41 Å². The molecule has 0 radical (unpaired) electrons. The van der Waals surface area contributed by atoms with Gasteiger partial charge >= 0.3 is 0 Å². The summed E-state index contributed by atoms with van der Waals surface area (Å²) in [7, 11) is 0. The molecule has 2 amide bonds. The molecular formula is C28H26N4O2S. The van der Waals surface area contributed by atoms with Crippen molar-refractivity contribution in [2.75, 3.05) is 12.3 Å². The van der Waals surface area contributed by atoms with E-state index in [2.05, 4.69) is 55.2 Å². The largest absolute Gasteiger partial charge is 0.273 e. The van der Waals surface area contributed by atoms with Crippen LogP contribution in [0.1, 0.15) is 47.1 Å². The first kappa shape index (κ1) is 23.1. The average molecular weight is 483 g/mol. The molecule has 0 aliphatic carbocycles. The number of imide groups is 1. The normalized spacial score (nSPS) is 13.4. The van der Waals surface area contributed by atoms with Crippen molar-refractivity contribution in [1.29, 1.82) is 0 Å². The van der Waals surface area contributed by atoms with Crippen LogP contribution in [0.15, 0.2) is 84.0 Å². The lowest BCUT2D eigenvalue weighted by molar-refractivity contribution is 0.0664. The molecule has 6 nitrogen and oxygen atoms in total. The Morgan fingerprint density at radius 3 is 1.97 bits per heavy atom. The van der Waals surface area contributed by atoms with Crippen molar-refractivity contribution in [1.82, 2.24) is 19.7 Å². The zero-order valence-electron chi connectivity index (χ0n) is 19.9. The summed E-state index contributed by atoms with van der Waals surface area (Å²) in [6.07, 6.45) is 0. The molecule has 1 aromatic heterocycles. The van der Waals surface area contributed by atoms with Gasteiger partial charge in [0.1, 0.15) is 0 Å². The van der Waals surface area contributed by atoms with Crippen molar-refractivity contribution in [3.8, 4) is 17.1 Å². The first-order valence-electron chi connectivity index (χ1n) is 11.5. The Kier molecular flexibility index (Phi) is 6.03. The van der Waals surface area contributed by atoms with E-state index in [9.17, 15) is 9.59 Å². The van der Waals surface area contributed by atoms with Gasteiger partial charge in [0.2, 0.25) is 0 Å². The summed E-state index contributed by atoms with van der Waals surface area (Å²) in [4.78, 5) is 26.7. The second-order valence-electron chi connectivity index (χ2n) is 9.46. The van der Waals surface area contributed by atoms with Crippen molar-refractivity contribution in [3.63, 3.8) is 0 Å². The second kappa shape index (κ2) is 9.15. The molecule has 1 aliphatic heterocycles. The Bertz CT molecular complexity index is 1350. The lowest BCUT2D eigenvalue weighted by Crippen LogP contribution is -2.31. The average Bonchev–Trinajstić information content (AvgIpc) is 3.39. The first-order valence-corrected chi connectivity index (χ1v) is 12.5. The van der Waals surface area contributed by atoms with Crippen LogP contribution in [-0.4, -0.2) is 43.8 Å². The second-order valence-corrected chi connectivity index (χ2v) is 10.5. The maximum absolute atomic E-state index is 12.7.